The highest BCUT2D eigenvalue weighted by Crippen LogP contribution is 2.23. The van der Waals surface area contributed by atoms with Gasteiger partial charge in [-0.15, -0.1) is 10.2 Å². The molecule has 8 heteroatoms. The Bertz CT molecular complexity index is 928. The highest BCUT2D eigenvalue weighted by molar-refractivity contribution is 5.95. The van der Waals surface area contributed by atoms with E-state index in [4.69, 9.17) is 4.74 Å². The Morgan fingerprint density at radius 1 is 1.37 bits per heavy atom. The molecule has 0 aliphatic carbocycles. The standard InChI is InChI=1S/C19H20FN5O2/c1-13(18-24-22-12-25(18)8-9-27-2)23-19(26)15-5-3-4-14(10-15)16-6-7-21-11-17(16)20/h3-7,10-13H,8-9H2,1-2H3,(H,23,26). The van der Waals surface area contributed by atoms with Crippen LogP contribution >= 0.6 is 0 Å². The molecule has 1 N–H and O–H groups in total. The van der Waals surface area contributed by atoms with E-state index in [1.807, 2.05) is 11.5 Å². The Kier molecular flexibility index (Phi) is 5.87. The molecule has 1 unspecified atom stereocenters. The molecular formula is C19H20FN5O2. The highest BCUT2D eigenvalue weighted by Gasteiger charge is 2.17. The lowest BCUT2D eigenvalue weighted by Gasteiger charge is -2.15. The molecule has 0 fully saturated rings. The minimum absolute atomic E-state index is 0.278. The number of nitrogens with one attached hydrogen (secondary N) is 1. The van der Waals surface area contributed by atoms with Crippen molar-refractivity contribution < 1.29 is 13.9 Å². The van der Waals surface area contributed by atoms with Gasteiger partial charge in [-0.3, -0.25) is 9.78 Å². The number of nitrogens with zero attached hydrogens (tertiary/aromatic N) is 4. The number of halogens is 1. The van der Waals surface area contributed by atoms with Crippen LogP contribution in [0.2, 0.25) is 0 Å². The molecule has 0 radical (unpaired) electrons. The van der Waals surface area contributed by atoms with Crippen LogP contribution < -0.4 is 5.32 Å². The van der Waals surface area contributed by atoms with Crippen molar-refractivity contribution in [3.05, 3.63) is 66.3 Å². The van der Waals surface area contributed by atoms with Crippen molar-refractivity contribution in [1.82, 2.24) is 25.1 Å². The van der Waals surface area contributed by atoms with Crippen molar-refractivity contribution in [3.8, 4) is 11.1 Å². The number of benzene rings is 1. The average molecular weight is 369 g/mol. The van der Waals surface area contributed by atoms with Crippen LogP contribution in [0.5, 0.6) is 0 Å². The average Bonchev–Trinajstić information content (AvgIpc) is 3.15. The van der Waals surface area contributed by atoms with Gasteiger partial charge in [0, 0.05) is 31.0 Å². The van der Waals surface area contributed by atoms with Gasteiger partial charge in [0.2, 0.25) is 0 Å². The van der Waals surface area contributed by atoms with Crippen molar-refractivity contribution in [1.29, 1.82) is 0 Å². The third-order valence-corrected chi connectivity index (χ3v) is 4.12. The third kappa shape index (κ3) is 4.35. The lowest BCUT2D eigenvalue weighted by molar-refractivity contribution is 0.0937. The van der Waals surface area contributed by atoms with Gasteiger partial charge in [0.25, 0.3) is 5.91 Å². The first-order valence-electron chi connectivity index (χ1n) is 8.47. The number of methoxy groups -OCH3 is 1. The Hall–Kier alpha value is -3.13. The van der Waals surface area contributed by atoms with E-state index in [-0.39, 0.29) is 11.9 Å². The molecule has 0 spiro atoms. The number of ether oxygens (including phenoxy) is 1. The predicted molar refractivity (Wildman–Crippen MR) is 97.4 cm³/mol. The van der Waals surface area contributed by atoms with E-state index in [0.29, 0.717) is 35.7 Å². The van der Waals surface area contributed by atoms with Gasteiger partial charge in [-0.1, -0.05) is 12.1 Å². The first kappa shape index (κ1) is 18.7. The number of hydrogen-bond acceptors (Lipinski definition) is 5. The van der Waals surface area contributed by atoms with Gasteiger partial charge in [-0.2, -0.15) is 0 Å². The molecule has 2 heterocycles. The normalized spacial score (nSPS) is 12.0. The van der Waals surface area contributed by atoms with Gasteiger partial charge in [-0.05, 0) is 30.7 Å². The topological polar surface area (TPSA) is 81.9 Å². The van der Waals surface area contributed by atoms with Crippen LogP contribution in [0.3, 0.4) is 0 Å². The third-order valence-electron chi connectivity index (χ3n) is 4.12. The van der Waals surface area contributed by atoms with Gasteiger partial charge in [0.15, 0.2) is 5.82 Å². The van der Waals surface area contributed by atoms with Crippen LogP contribution in [0.1, 0.15) is 29.1 Å². The van der Waals surface area contributed by atoms with Crippen molar-refractivity contribution in [2.75, 3.05) is 13.7 Å². The first-order valence-corrected chi connectivity index (χ1v) is 8.47. The van der Waals surface area contributed by atoms with Crippen LogP contribution in [-0.2, 0) is 11.3 Å². The Labute approximate surface area is 156 Å². The van der Waals surface area contributed by atoms with Crippen molar-refractivity contribution >= 4 is 5.91 Å². The molecule has 1 amide bonds. The molecule has 1 aromatic carbocycles. The summed E-state index contributed by atoms with van der Waals surface area (Å²) in [5.74, 6) is -0.0773. The summed E-state index contributed by atoms with van der Waals surface area (Å²) >= 11 is 0. The molecule has 27 heavy (non-hydrogen) atoms. The zero-order valence-electron chi connectivity index (χ0n) is 15.1. The summed E-state index contributed by atoms with van der Waals surface area (Å²) in [4.78, 5) is 16.4. The second-order valence-corrected chi connectivity index (χ2v) is 6.01. The van der Waals surface area contributed by atoms with E-state index in [1.54, 1.807) is 43.8 Å². The molecule has 0 saturated carbocycles. The molecule has 3 aromatic rings. The molecule has 2 aromatic heterocycles. The van der Waals surface area contributed by atoms with Crippen LogP contribution in [0.4, 0.5) is 4.39 Å². The minimum atomic E-state index is -0.435. The van der Waals surface area contributed by atoms with E-state index < -0.39 is 5.82 Å². The monoisotopic (exact) mass is 369 g/mol. The summed E-state index contributed by atoms with van der Waals surface area (Å²) in [6, 6.07) is 8.03. The molecule has 140 valence electrons. The zero-order chi connectivity index (χ0) is 19.2. The molecule has 0 aliphatic heterocycles. The fraction of sp³-hybridized carbons (Fsp3) is 0.263. The van der Waals surface area contributed by atoms with E-state index in [1.165, 1.54) is 6.20 Å². The summed E-state index contributed by atoms with van der Waals surface area (Å²) in [6.07, 6.45) is 4.26. The quantitative estimate of drug-likeness (QED) is 0.692. The summed E-state index contributed by atoms with van der Waals surface area (Å²) in [5.41, 5.74) is 1.43. The fourth-order valence-electron chi connectivity index (χ4n) is 2.74. The SMILES string of the molecule is COCCn1cnnc1C(C)NC(=O)c1cccc(-c2ccncc2F)c1. The lowest BCUT2D eigenvalue weighted by atomic mass is 10.0. The van der Waals surface area contributed by atoms with E-state index in [2.05, 4.69) is 20.5 Å². The molecule has 0 aliphatic rings. The molecule has 3 rings (SSSR count). The highest BCUT2D eigenvalue weighted by atomic mass is 19.1. The van der Waals surface area contributed by atoms with Crippen molar-refractivity contribution in [2.45, 2.75) is 19.5 Å². The summed E-state index contributed by atoms with van der Waals surface area (Å²) in [6.45, 7) is 2.94. The van der Waals surface area contributed by atoms with E-state index in [0.717, 1.165) is 6.20 Å². The van der Waals surface area contributed by atoms with Gasteiger partial charge < -0.3 is 14.6 Å². The van der Waals surface area contributed by atoms with Crippen LogP contribution in [0.15, 0.2) is 49.1 Å². The van der Waals surface area contributed by atoms with Crippen LogP contribution in [0.25, 0.3) is 11.1 Å². The molecule has 0 saturated heterocycles. The minimum Gasteiger partial charge on any atom is -0.383 e. The predicted octanol–water partition coefficient (Wildman–Crippen LogP) is 2.62. The second-order valence-electron chi connectivity index (χ2n) is 6.01. The summed E-state index contributed by atoms with van der Waals surface area (Å²) < 4.78 is 20.9. The lowest BCUT2D eigenvalue weighted by Crippen LogP contribution is -2.29. The number of amides is 1. The van der Waals surface area contributed by atoms with Crippen molar-refractivity contribution in [2.24, 2.45) is 0 Å². The number of pyridine rings is 1. The Morgan fingerprint density at radius 2 is 2.22 bits per heavy atom. The van der Waals surface area contributed by atoms with Crippen LogP contribution in [0, 0.1) is 5.82 Å². The number of aromatic nitrogens is 4. The molecular weight excluding hydrogens is 349 g/mol. The Morgan fingerprint density at radius 3 is 3.00 bits per heavy atom. The first-order chi connectivity index (χ1) is 13.1. The van der Waals surface area contributed by atoms with E-state index in [9.17, 15) is 9.18 Å². The number of carbonyl (C=O) groups is 1. The summed E-state index contributed by atoms with van der Waals surface area (Å²) in [7, 11) is 1.62. The van der Waals surface area contributed by atoms with Gasteiger partial charge in [0.05, 0.1) is 18.8 Å². The maximum absolute atomic E-state index is 14.0. The molecule has 1 atom stereocenters. The zero-order valence-corrected chi connectivity index (χ0v) is 15.1. The van der Waals surface area contributed by atoms with Gasteiger partial charge in [-0.25, -0.2) is 4.39 Å². The fourth-order valence-corrected chi connectivity index (χ4v) is 2.74. The van der Waals surface area contributed by atoms with Crippen LogP contribution in [-0.4, -0.2) is 39.4 Å². The number of carbonyl (C=O) groups excluding carboxylic acids is 1. The largest absolute Gasteiger partial charge is 0.383 e. The smallest absolute Gasteiger partial charge is 0.251 e. The van der Waals surface area contributed by atoms with Crippen molar-refractivity contribution in [3.63, 3.8) is 0 Å². The van der Waals surface area contributed by atoms with Gasteiger partial charge >= 0.3 is 0 Å². The maximum atomic E-state index is 14.0. The summed E-state index contributed by atoms with van der Waals surface area (Å²) in [5, 5.41) is 10.9. The Balaban J connectivity index is 1.76. The number of hydrogen-bond donors (Lipinski definition) is 1. The number of rotatable bonds is 7. The molecule has 7 nitrogen and oxygen atoms in total. The molecule has 0 bridgehead atoms. The second kappa shape index (κ2) is 8.50. The van der Waals surface area contributed by atoms with Gasteiger partial charge in [0.1, 0.15) is 12.1 Å². The maximum Gasteiger partial charge on any atom is 0.251 e. The van der Waals surface area contributed by atoms with E-state index >= 15 is 0 Å².